The molecule has 0 bridgehead atoms. The molecule has 0 spiro atoms. The summed E-state index contributed by atoms with van der Waals surface area (Å²) in [5.41, 5.74) is 7.90. The van der Waals surface area contributed by atoms with Gasteiger partial charge in [-0.25, -0.2) is 0 Å². The zero-order chi connectivity index (χ0) is 15.4. The van der Waals surface area contributed by atoms with Crippen LogP contribution in [0.25, 0.3) is 0 Å². The molecule has 0 fully saturated rings. The summed E-state index contributed by atoms with van der Waals surface area (Å²) in [6.45, 7) is 4.06. The SMILES string of the molecule is CC(C)C(=O)c1ccc(OCc2ccccc2Cl)c(N)c1. The van der Waals surface area contributed by atoms with Crippen LogP contribution in [-0.4, -0.2) is 5.78 Å². The Morgan fingerprint density at radius 1 is 1.24 bits per heavy atom. The highest BCUT2D eigenvalue weighted by molar-refractivity contribution is 6.31. The molecule has 0 amide bonds. The van der Waals surface area contributed by atoms with Gasteiger partial charge >= 0.3 is 0 Å². The van der Waals surface area contributed by atoms with E-state index in [9.17, 15) is 4.79 Å². The highest BCUT2D eigenvalue weighted by Crippen LogP contribution is 2.26. The number of carbonyl (C=O) groups excluding carboxylic acids is 1. The van der Waals surface area contributed by atoms with Gasteiger partial charge < -0.3 is 10.5 Å². The van der Waals surface area contributed by atoms with Crippen molar-refractivity contribution in [2.24, 2.45) is 5.92 Å². The smallest absolute Gasteiger partial charge is 0.165 e. The molecular formula is C17H18ClNO2. The summed E-state index contributed by atoms with van der Waals surface area (Å²) in [4.78, 5) is 11.9. The van der Waals surface area contributed by atoms with E-state index in [4.69, 9.17) is 22.1 Å². The first-order valence-corrected chi connectivity index (χ1v) is 7.16. The summed E-state index contributed by atoms with van der Waals surface area (Å²) in [6, 6.07) is 12.6. The van der Waals surface area contributed by atoms with Crippen molar-refractivity contribution in [2.45, 2.75) is 20.5 Å². The maximum Gasteiger partial charge on any atom is 0.165 e. The number of nitrogens with two attached hydrogens (primary N) is 1. The van der Waals surface area contributed by atoms with Gasteiger partial charge in [0.1, 0.15) is 12.4 Å². The van der Waals surface area contributed by atoms with E-state index in [1.165, 1.54) is 0 Å². The van der Waals surface area contributed by atoms with Crippen LogP contribution >= 0.6 is 11.6 Å². The van der Waals surface area contributed by atoms with E-state index < -0.39 is 0 Å². The number of hydrogen-bond donors (Lipinski definition) is 1. The summed E-state index contributed by atoms with van der Waals surface area (Å²) in [7, 11) is 0. The fourth-order valence-corrected chi connectivity index (χ4v) is 2.13. The van der Waals surface area contributed by atoms with Gasteiger partial charge in [0.05, 0.1) is 5.69 Å². The summed E-state index contributed by atoms with van der Waals surface area (Å²) in [6.07, 6.45) is 0. The minimum Gasteiger partial charge on any atom is -0.487 e. The van der Waals surface area contributed by atoms with Crippen LogP contribution in [0.3, 0.4) is 0 Å². The van der Waals surface area contributed by atoms with Gasteiger partial charge in [-0.1, -0.05) is 43.6 Å². The van der Waals surface area contributed by atoms with Gasteiger partial charge in [0.15, 0.2) is 5.78 Å². The molecular weight excluding hydrogens is 286 g/mol. The average molecular weight is 304 g/mol. The van der Waals surface area contributed by atoms with Gasteiger partial charge in [-0.05, 0) is 24.3 Å². The molecule has 2 rings (SSSR count). The number of halogens is 1. The van der Waals surface area contributed by atoms with Crippen molar-refractivity contribution in [2.75, 3.05) is 5.73 Å². The molecule has 2 aromatic carbocycles. The molecule has 0 saturated carbocycles. The molecule has 3 nitrogen and oxygen atoms in total. The molecule has 0 unspecified atom stereocenters. The Morgan fingerprint density at radius 2 is 1.95 bits per heavy atom. The number of Topliss-reactive ketones (excluding diaryl/α,β-unsaturated/α-hetero) is 1. The predicted molar refractivity (Wildman–Crippen MR) is 85.8 cm³/mol. The van der Waals surface area contributed by atoms with Crippen LogP contribution in [0.1, 0.15) is 29.8 Å². The number of hydrogen-bond acceptors (Lipinski definition) is 3. The number of benzene rings is 2. The maximum absolute atomic E-state index is 11.9. The number of rotatable bonds is 5. The monoisotopic (exact) mass is 303 g/mol. The van der Waals surface area contributed by atoms with Gasteiger partial charge in [0.2, 0.25) is 0 Å². The Labute approximate surface area is 129 Å². The van der Waals surface area contributed by atoms with Gasteiger partial charge in [-0.15, -0.1) is 0 Å². The van der Waals surface area contributed by atoms with Crippen molar-refractivity contribution in [3.63, 3.8) is 0 Å². The molecule has 2 aromatic rings. The average Bonchev–Trinajstić information content (AvgIpc) is 2.46. The second-order valence-corrected chi connectivity index (χ2v) is 5.56. The summed E-state index contributed by atoms with van der Waals surface area (Å²) >= 11 is 6.08. The molecule has 0 aromatic heterocycles. The summed E-state index contributed by atoms with van der Waals surface area (Å²) in [5, 5.41) is 0.655. The molecule has 4 heteroatoms. The molecule has 0 atom stereocenters. The third kappa shape index (κ3) is 3.76. The van der Waals surface area contributed by atoms with E-state index in [1.54, 1.807) is 18.2 Å². The first kappa shape index (κ1) is 15.4. The molecule has 0 heterocycles. The van der Waals surface area contributed by atoms with Gasteiger partial charge in [0.25, 0.3) is 0 Å². The van der Waals surface area contributed by atoms with Crippen molar-refractivity contribution < 1.29 is 9.53 Å². The normalized spacial score (nSPS) is 10.7. The zero-order valence-corrected chi connectivity index (χ0v) is 12.9. The molecule has 0 aliphatic carbocycles. The van der Waals surface area contributed by atoms with Crippen LogP contribution in [0.4, 0.5) is 5.69 Å². The summed E-state index contributed by atoms with van der Waals surface area (Å²) < 4.78 is 5.68. The van der Waals surface area contributed by atoms with Gasteiger partial charge in [-0.3, -0.25) is 4.79 Å². The maximum atomic E-state index is 11.9. The second kappa shape index (κ2) is 6.64. The first-order valence-electron chi connectivity index (χ1n) is 6.79. The van der Waals surface area contributed by atoms with Crippen LogP contribution in [0.2, 0.25) is 5.02 Å². The lowest BCUT2D eigenvalue weighted by atomic mass is 10.0. The Balaban J connectivity index is 2.12. The van der Waals surface area contributed by atoms with E-state index in [1.807, 2.05) is 38.1 Å². The quantitative estimate of drug-likeness (QED) is 0.660. The third-order valence-corrected chi connectivity index (χ3v) is 3.53. The highest BCUT2D eigenvalue weighted by Gasteiger charge is 2.12. The lowest BCUT2D eigenvalue weighted by Crippen LogP contribution is -2.08. The summed E-state index contributed by atoms with van der Waals surface area (Å²) in [5.74, 6) is 0.564. The second-order valence-electron chi connectivity index (χ2n) is 5.15. The lowest BCUT2D eigenvalue weighted by Gasteiger charge is -2.12. The number of anilines is 1. The molecule has 0 aliphatic heterocycles. The molecule has 110 valence electrons. The Bertz CT molecular complexity index is 653. The van der Waals surface area contributed by atoms with E-state index in [0.29, 0.717) is 28.6 Å². The van der Waals surface area contributed by atoms with E-state index in [0.717, 1.165) is 5.56 Å². The molecule has 2 N–H and O–H groups in total. The number of ketones is 1. The molecule has 0 radical (unpaired) electrons. The highest BCUT2D eigenvalue weighted by atomic mass is 35.5. The molecule has 0 saturated heterocycles. The minimum absolute atomic E-state index is 0.0562. The van der Waals surface area contributed by atoms with Crippen LogP contribution < -0.4 is 10.5 Å². The largest absolute Gasteiger partial charge is 0.487 e. The fourth-order valence-electron chi connectivity index (χ4n) is 1.94. The van der Waals surface area contributed by atoms with Crippen LogP contribution in [0.5, 0.6) is 5.75 Å². The van der Waals surface area contributed by atoms with Crippen LogP contribution in [-0.2, 0) is 6.61 Å². The topological polar surface area (TPSA) is 52.3 Å². The lowest BCUT2D eigenvalue weighted by molar-refractivity contribution is 0.0939. The van der Waals surface area contributed by atoms with E-state index in [-0.39, 0.29) is 11.7 Å². The van der Waals surface area contributed by atoms with Gasteiger partial charge in [0, 0.05) is 22.1 Å². The molecule has 21 heavy (non-hydrogen) atoms. The Morgan fingerprint density at radius 3 is 2.57 bits per heavy atom. The number of nitrogen functional groups attached to an aromatic ring is 1. The van der Waals surface area contributed by atoms with Crippen molar-refractivity contribution in [1.29, 1.82) is 0 Å². The molecule has 0 aliphatic rings. The van der Waals surface area contributed by atoms with Gasteiger partial charge in [-0.2, -0.15) is 0 Å². The fraction of sp³-hybridized carbons (Fsp3) is 0.235. The Hall–Kier alpha value is -2.00. The third-order valence-electron chi connectivity index (χ3n) is 3.16. The van der Waals surface area contributed by atoms with Crippen LogP contribution in [0.15, 0.2) is 42.5 Å². The van der Waals surface area contributed by atoms with Crippen molar-refractivity contribution in [3.05, 3.63) is 58.6 Å². The first-order chi connectivity index (χ1) is 9.99. The van der Waals surface area contributed by atoms with Crippen molar-refractivity contribution in [1.82, 2.24) is 0 Å². The predicted octanol–water partition coefficient (Wildman–Crippen LogP) is 4.34. The number of carbonyl (C=O) groups is 1. The van der Waals surface area contributed by atoms with Crippen LogP contribution in [0, 0.1) is 5.92 Å². The Kier molecular flexibility index (Phi) is 4.86. The van der Waals surface area contributed by atoms with E-state index >= 15 is 0 Å². The minimum atomic E-state index is -0.0562. The van der Waals surface area contributed by atoms with E-state index in [2.05, 4.69) is 0 Å². The number of ether oxygens (including phenoxy) is 1. The standard InChI is InChI=1S/C17H18ClNO2/c1-11(2)17(20)12-7-8-16(15(19)9-12)21-10-13-5-3-4-6-14(13)18/h3-9,11H,10,19H2,1-2H3. The van der Waals surface area contributed by atoms with Crippen molar-refractivity contribution >= 4 is 23.1 Å². The van der Waals surface area contributed by atoms with Crippen molar-refractivity contribution in [3.8, 4) is 5.75 Å². The zero-order valence-electron chi connectivity index (χ0n) is 12.1.